The Bertz CT molecular complexity index is 1080. The van der Waals surface area contributed by atoms with Gasteiger partial charge in [-0.15, -0.1) is 0 Å². The molecule has 1 aromatic heterocycles. The zero-order valence-electron chi connectivity index (χ0n) is 19.5. The molecular weight excluding hydrogens is 454 g/mol. The largest absolute Gasteiger partial charge is 0.439 e. The summed E-state index contributed by atoms with van der Waals surface area (Å²) in [4.78, 5) is 63.6. The zero-order chi connectivity index (χ0) is 25.4. The second kappa shape index (κ2) is 11.3. The van der Waals surface area contributed by atoms with E-state index in [1.54, 1.807) is 12.1 Å². The second-order valence-corrected chi connectivity index (χ2v) is 7.91. The lowest BCUT2D eigenvalue weighted by molar-refractivity contribution is -0.138. The standard InChI is InChI=1S/C20H19N5O5.C4H8O/c1-21-10-12-2-5-14(6-3-12)30-15-7-4-13(11-22-15)25-16(26)8-9-20(25)17(27)23-19(29)24-18(20)28;1-2-3-4-5/h2-7,11,21H,8-10H2,1H3,(H2,23,24,27,28,29);4H,2-3H2,1H3. The number of ether oxygens (including phenoxy) is 1. The molecule has 0 aliphatic carbocycles. The van der Waals surface area contributed by atoms with Crippen molar-refractivity contribution in [3.05, 3.63) is 48.2 Å². The predicted octanol–water partition coefficient (Wildman–Crippen LogP) is 1.81. The maximum Gasteiger partial charge on any atom is 0.328 e. The van der Waals surface area contributed by atoms with Gasteiger partial charge >= 0.3 is 6.03 Å². The number of benzene rings is 1. The summed E-state index contributed by atoms with van der Waals surface area (Å²) in [6.45, 7) is 2.72. The lowest BCUT2D eigenvalue weighted by Gasteiger charge is -2.37. The number of amides is 5. The van der Waals surface area contributed by atoms with Gasteiger partial charge in [0.05, 0.1) is 11.9 Å². The number of hydrogen-bond acceptors (Lipinski definition) is 8. The number of barbiturate groups is 1. The van der Waals surface area contributed by atoms with E-state index in [1.165, 1.54) is 6.20 Å². The number of hydrogen-bond donors (Lipinski definition) is 3. The number of imide groups is 2. The number of unbranched alkanes of at least 4 members (excludes halogenated alkanes) is 1. The molecule has 0 bridgehead atoms. The molecule has 184 valence electrons. The Labute approximate surface area is 202 Å². The van der Waals surface area contributed by atoms with Gasteiger partial charge in [-0.05, 0) is 43.7 Å². The summed E-state index contributed by atoms with van der Waals surface area (Å²) in [5, 5.41) is 7.20. The Morgan fingerprint density at radius 1 is 1.09 bits per heavy atom. The minimum absolute atomic E-state index is 0.00769. The third-order valence-electron chi connectivity index (χ3n) is 5.45. The van der Waals surface area contributed by atoms with Gasteiger partial charge in [-0.25, -0.2) is 9.78 Å². The highest BCUT2D eigenvalue weighted by atomic mass is 16.5. The van der Waals surface area contributed by atoms with Gasteiger partial charge in [-0.3, -0.25) is 29.9 Å². The van der Waals surface area contributed by atoms with Crippen LogP contribution in [0.2, 0.25) is 0 Å². The minimum Gasteiger partial charge on any atom is -0.439 e. The number of aromatic nitrogens is 1. The smallest absolute Gasteiger partial charge is 0.328 e. The molecule has 0 saturated carbocycles. The van der Waals surface area contributed by atoms with Gasteiger partial charge in [-0.1, -0.05) is 19.1 Å². The van der Waals surface area contributed by atoms with Crippen LogP contribution < -0.4 is 25.6 Å². The number of carbonyl (C=O) groups is 5. The molecule has 1 spiro atoms. The number of carbonyl (C=O) groups excluding carboxylic acids is 5. The molecule has 3 N–H and O–H groups in total. The van der Waals surface area contributed by atoms with Crippen LogP contribution in [-0.4, -0.2) is 47.6 Å². The number of pyridine rings is 1. The van der Waals surface area contributed by atoms with Crippen molar-refractivity contribution in [2.75, 3.05) is 11.9 Å². The maximum atomic E-state index is 12.5. The normalized spacial score (nSPS) is 16.3. The zero-order valence-corrected chi connectivity index (χ0v) is 19.5. The molecule has 11 heteroatoms. The number of nitrogens with zero attached hydrogens (tertiary/aromatic N) is 2. The lowest BCUT2D eigenvalue weighted by Crippen LogP contribution is -2.72. The van der Waals surface area contributed by atoms with Gasteiger partial charge in [0.1, 0.15) is 12.0 Å². The quantitative estimate of drug-likeness (QED) is 0.401. The number of urea groups is 1. The van der Waals surface area contributed by atoms with E-state index in [4.69, 9.17) is 4.74 Å². The Balaban J connectivity index is 0.000000623. The fraction of sp³-hybridized carbons (Fsp3) is 0.333. The highest BCUT2D eigenvalue weighted by molar-refractivity contribution is 6.28. The maximum absolute atomic E-state index is 12.5. The van der Waals surface area contributed by atoms with Crippen molar-refractivity contribution < 1.29 is 28.7 Å². The highest BCUT2D eigenvalue weighted by Crippen LogP contribution is 2.37. The van der Waals surface area contributed by atoms with E-state index in [9.17, 15) is 24.0 Å². The number of anilines is 1. The van der Waals surface area contributed by atoms with Crippen LogP contribution in [0.25, 0.3) is 0 Å². The van der Waals surface area contributed by atoms with Crippen molar-refractivity contribution in [3.63, 3.8) is 0 Å². The van der Waals surface area contributed by atoms with E-state index in [0.29, 0.717) is 12.2 Å². The molecule has 5 amide bonds. The third-order valence-corrected chi connectivity index (χ3v) is 5.45. The number of aldehydes is 1. The Morgan fingerprint density at radius 2 is 1.77 bits per heavy atom. The first kappa shape index (κ1) is 25.5. The fourth-order valence-corrected chi connectivity index (χ4v) is 3.75. The summed E-state index contributed by atoms with van der Waals surface area (Å²) in [5.74, 6) is -1.19. The van der Waals surface area contributed by atoms with Crippen LogP contribution in [0.4, 0.5) is 10.5 Å². The average Bonchev–Trinajstić information content (AvgIpc) is 3.19. The number of rotatable bonds is 7. The van der Waals surface area contributed by atoms with E-state index in [-0.39, 0.29) is 24.4 Å². The van der Waals surface area contributed by atoms with E-state index in [1.807, 2.05) is 38.2 Å². The Hall–Kier alpha value is -4.12. The van der Waals surface area contributed by atoms with Crippen LogP contribution in [0.1, 0.15) is 38.2 Å². The van der Waals surface area contributed by atoms with Gasteiger partial charge < -0.3 is 14.8 Å². The minimum atomic E-state index is -1.81. The van der Waals surface area contributed by atoms with Gasteiger partial charge in [-0.2, -0.15) is 0 Å². The van der Waals surface area contributed by atoms with Gasteiger partial charge in [0.2, 0.25) is 17.3 Å². The topological polar surface area (TPSA) is 147 Å². The SMILES string of the molecule is CCCC=O.CNCc1ccc(Oc2ccc(N3C(=O)CCC34C(=O)NC(=O)NC4=O)cn2)cc1. The van der Waals surface area contributed by atoms with Crippen molar-refractivity contribution >= 4 is 35.7 Å². The second-order valence-electron chi connectivity index (χ2n) is 7.91. The Kier molecular flexibility index (Phi) is 8.26. The number of nitrogens with one attached hydrogen (secondary N) is 3. The van der Waals surface area contributed by atoms with Crippen molar-refractivity contribution in [1.29, 1.82) is 0 Å². The van der Waals surface area contributed by atoms with Crippen molar-refractivity contribution in [2.24, 2.45) is 0 Å². The van der Waals surface area contributed by atoms with Crippen molar-refractivity contribution in [3.8, 4) is 11.6 Å². The van der Waals surface area contributed by atoms with Crippen molar-refractivity contribution in [1.82, 2.24) is 20.9 Å². The van der Waals surface area contributed by atoms with Crippen LogP contribution in [0, 0.1) is 0 Å². The molecule has 0 radical (unpaired) electrons. The summed E-state index contributed by atoms with van der Waals surface area (Å²) >= 11 is 0. The molecule has 2 saturated heterocycles. The highest BCUT2D eigenvalue weighted by Gasteiger charge is 2.60. The third kappa shape index (κ3) is 5.52. The van der Waals surface area contributed by atoms with Crippen LogP contribution in [-0.2, 0) is 25.7 Å². The lowest BCUT2D eigenvalue weighted by atomic mass is 9.92. The molecule has 4 rings (SSSR count). The molecule has 0 unspecified atom stereocenters. The van der Waals surface area contributed by atoms with Gasteiger partial charge in [0.25, 0.3) is 11.8 Å². The van der Waals surface area contributed by atoms with Crippen LogP contribution in [0.15, 0.2) is 42.6 Å². The molecule has 3 heterocycles. The molecule has 2 aromatic rings. The van der Waals surface area contributed by atoms with Crippen LogP contribution >= 0.6 is 0 Å². The first-order chi connectivity index (χ1) is 16.8. The summed E-state index contributed by atoms with van der Waals surface area (Å²) in [5.41, 5.74) is -0.444. The first-order valence-corrected chi connectivity index (χ1v) is 11.2. The fourth-order valence-electron chi connectivity index (χ4n) is 3.75. The summed E-state index contributed by atoms with van der Waals surface area (Å²) < 4.78 is 5.71. The van der Waals surface area contributed by atoms with Crippen LogP contribution in [0.3, 0.4) is 0 Å². The molecule has 35 heavy (non-hydrogen) atoms. The summed E-state index contributed by atoms with van der Waals surface area (Å²) in [6, 6.07) is 9.66. The summed E-state index contributed by atoms with van der Waals surface area (Å²) in [7, 11) is 1.86. The van der Waals surface area contributed by atoms with Crippen molar-refractivity contribution in [2.45, 2.75) is 44.7 Å². The molecule has 2 aliphatic heterocycles. The van der Waals surface area contributed by atoms with Crippen LogP contribution in [0.5, 0.6) is 11.6 Å². The molecule has 0 atom stereocenters. The van der Waals surface area contributed by atoms with Gasteiger partial charge in [0.15, 0.2) is 0 Å². The molecular formula is C24H27N5O6. The molecule has 1 aromatic carbocycles. The molecule has 2 fully saturated rings. The van der Waals surface area contributed by atoms with E-state index < -0.39 is 29.3 Å². The predicted molar refractivity (Wildman–Crippen MR) is 126 cm³/mol. The average molecular weight is 482 g/mol. The van der Waals surface area contributed by atoms with E-state index >= 15 is 0 Å². The first-order valence-electron chi connectivity index (χ1n) is 11.2. The van der Waals surface area contributed by atoms with E-state index in [2.05, 4.69) is 20.9 Å². The molecule has 11 nitrogen and oxygen atoms in total. The molecule has 2 aliphatic rings. The summed E-state index contributed by atoms with van der Waals surface area (Å²) in [6.07, 6.45) is 3.93. The Morgan fingerprint density at radius 3 is 2.29 bits per heavy atom. The van der Waals surface area contributed by atoms with E-state index in [0.717, 1.165) is 29.7 Å². The van der Waals surface area contributed by atoms with Gasteiger partial charge in [0, 0.05) is 25.5 Å². The monoisotopic (exact) mass is 481 g/mol.